The molecule has 4 heteroatoms. The Morgan fingerprint density at radius 1 is 1.00 bits per heavy atom. The molecule has 21 heavy (non-hydrogen) atoms. The lowest BCUT2D eigenvalue weighted by Gasteiger charge is -2.00. The Balaban J connectivity index is 1.72. The lowest BCUT2D eigenvalue weighted by Crippen LogP contribution is -1.96. The van der Waals surface area contributed by atoms with E-state index in [9.17, 15) is 0 Å². The average Bonchev–Trinajstić information content (AvgIpc) is 2.91. The van der Waals surface area contributed by atoms with Gasteiger partial charge in [-0.1, -0.05) is 53.2 Å². The zero-order valence-electron chi connectivity index (χ0n) is 11.9. The smallest absolute Gasteiger partial charge is 0.231 e. The second-order valence-corrected chi connectivity index (χ2v) is 5.14. The molecule has 0 aliphatic heterocycles. The van der Waals surface area contributed by atoms with Crippen molar-refractivity contribution in [1.29, 1.82) is 0 Å². The number of hydrogen-bond acceptors (Lipinski definition) is 4. The van der Waals surface area contributed by atoms with Crippen LogP contribution in [0.1, 0.15) is 28.4 Å². The van der Waals surface area contributed by atoms with Crippen LogP contribution in [-0.2, 0) is 12.8 Å². The van der Waals surface area contributed by atoms with Gasteiger partial charge in [0.2, 0.25) is 5.89 Å². The van der Waals surface area contributed by atoms with Crippen molar-refractivity contribution in [3.05, 3.63) is 76.9 Å². The zero-order valence-corrected chi connectivity index (χ0v) is 11.9. The normalized spacial score (nSPS) is 10.7. The van der Waals surface area contributed by atoms with Crippen LogP contribution >= 0.6 is 0 Å². The third-order valence-electron chi connectivity index (χ3n) is 3.39. The Morgan fingerprint density at radius 2 is 1.76 bits per heavy atom. The fourth-order valence-corrected chi connectivity index (χ4v) is 2.18. The molecule has 0 saturated carbocycles. The Hall–Kier alpha value is -2.62. The summed E-state index contributed by atoms with van der Waals surface area (Å²) in [6, 6.07) is 16.0. The van der Waals surface area contributed by atoms with Gasteiger partial charge >= 0.3 is 0 Å². The summed E-state index contributed by atoms with van der Waals surface area (Å²) in [5.41, 5.74) is 10.1. The minimum atomic E-state index is 0.563. The molecule has 3 aromatic rings. The monoisotopic (exact) mass is 279 g/mol. The van der Waals surface area contributed by atoms with E-state index in [0.717, 1.165) is 11.3 Å². The van der Waals surface area contributed by atoms with E-state index in [1.165, 1.54) is 11.1 Å². The molecule has 0 aliphatic carbocycles. The fraction of sp³-hybridized carbons (Fsp3) is 0.176. The number of benzene rings is 2. The molecule has 1 heterocycles. The second kappa shape index (κ2) is 5.79. The number of nitrogens with two attached hydrogens (primary N) is 1. The number of aryl methyl sites for hydroxylation is 1. The van der Waals surface area contributed by atoms with E-state index in [1.807, 2.05) is 24.3 Å². The van der Waals surface area contributed by atoms with E-state index in [0.29, 0.717) is 24.6 Å². The van der Waals surface area contributed by atoms with Crippen molar-refractivity contribution < 1.29 is 4.52 Å². The molecule has 3 rings (SSSR count). The van der Waals surface area contributed by atoms with Gasteiger partial charge in [-0.15, -0.1) is 0 Å². The summed E-state index contributed by atoms with van der Waals surface area (Å²) in [6.07, 6.45) is 1.24. The van der Waals surface area contributed by atoms with Crippen molar-refractivity contribution >= 4 is 5.69 Å². The standard InChI is InChI=1S/C17H17N3O/c1-12-6-8-13(9-7-12)10-16-19-17(21-20-16)11-14-4-2-3-5-15(14)18/h2-9H,10-11,18H2,1H3. The molecular weight excluding hydrogens is 262 g/mol. The Kier molecular flexibility index (Phi) is 3.69. The first kappa shape index (κ1) is 13.4. The molecule has 4 nitrogen and oxygen atoms in total. The van der Waals surface area contributed by atoms with Crippen molar-refractivity contribution in [3.63, 3.8) is 0 Å². The highest BCUT2D eigenvalue weighted by Crippen LogP contribution is 2.15. The summed E-state index contributed by atoms with van der Waals surface area (Å²) in [6.45, 7) is 2.07. The van der Waals surface area contributed by atoms with Gasteiger partial charge in [-0.2, -0.15) is 4.98 Å². The molecule has 2 aromatic carbocycles. The summed E-state index contributed by atoms with van der Waals surface area (Å²) < 4.78 is 5.30. The van der Waals surface area contributed by atoms with Crippen molar-refractivity contribution in [2.75, 3.05) is 5.73 Å². The van der Waals surface area contributed by atoms with Gasteiger partial charge in [0, 0.05) is 12.1 Å². The number of hydrogen-bond donors (Lipinski definition) is 1. The third kappa shape index (κ3) is 3.28. The summed E-state index contributed by atoms with van der Waals surface area (Å²) in [4.78, 5) is 4.43. The minimum absolute atomic E-state index is 0.563. The minimum Gasteiger partial charge on any atom is -0.398 e. The number of para-hydroxylation sites is 1. The van der Waals surface area contributed by atoms with Gasteiger partial charge in [-0.05, 0) is 24.1 Å². The summed E-state index contributed by atoms with van der Waals surface area (Å²) in [5.74, 6) is 1.29. The van der Waals surface area contributed by atoms with Crippen LogP contribution in [0.4, 0.5) is 5.69 Å². The maximum Gasteiger partial charge on any atom is 0.231 e. The largest absolute Gasteiger partial charge is 0.398 e. The highest BCUT2D eigenvalue weighted by atomic mass is 16.5. The molecule has 0 spiro atoms. The first-order valence-electron chi connectivity index (χ1n) is 6.91. The number of nitrogen functional groups attached to an aromatic ring is 1. The van der Waals surface area contributed by atoms with E-state index in [4.69, 9.17) is 10.3 Å². The Labute approximate surface area is 123 Å². The van der Waals surface area contributed by atoms with Gasteiger partial charge in [0.1, 0.15) is 0 Å². The summed E-state index contributed by atoms with van der Waals surface area (Å²) in [7, 11) is 0. The molecule has 2 N–H and O–H groups in total. The van der Waals surface area contributed by atoms with Gasteiger partial charge in [-0.25, -0.2) is 0 Å². The zero-order chi connectivity index (χ0) is 14.7. The number of aromatic nitrogens is 2. The van der Waals surface area contributed by atoms with E-state index in [1.54, 1.807) is 0 Å². The van der Waals surface area contributed by atoms with Crippen molar-refractivity contribution in [3.8, 4) is 0 Å². The maximum atomic E-state index is 5.92. The van der Waals surface area contributed by atoms with Crippen molar-refractivity contribution in [1.82, 2.24) is 10.1 Å². The van der Waals surface area contributed by atoms with Gasteiger partial charge in [0.15, 0.2) is 5.82 Å². The predicted molar refractivity (Wildman–Crippen MR) is 81.9 cm³/mol. The summed E-state index contributed by atoms with van der Waals surface area (Å²) >= 11 is 0. The molecule has 0 aliphatic rings. The van der Waals surface area contributed by atoms with Crippen LogP contribution in [0.25, 0.3) is 0 Å². The van der Waals surface area contributed by atoms with Crippen LogP contribution in [0, 0.1) is 6.92 Å². The molecule has 1 aromatic heterocycles. The molecule has 0 bridgehead atoms. The van der Waals surface area contributed by atoms with Crippen LogP contribution in [0.15, 0.2) is 53.1 Å². The fourth-order valence-electron chi connectivity index (χ4n) is 2.18. The number of anilines is 1. The van der Waals surface area contributed by atoms with Gasteiger partial charge < -0.3 is 10.3 Å². The van der Waals surface area contributed by atoms with E-state index < -0.39 is 0 Å². The van der Waals surface area contributed by atoms with Gasteiger partial charge in [-0.3, -0.25) is 0 Å². The first-order chi connectivity index (χ1) is 10.2. The molecule has 0 atom stereocenters. The molecule has 0 unspecified atom stereocenters. The van der Waals surface area contributed by atoms with Crippen LogP contribution in [-0.4, -0.2) is 10.1 Å². The molecule has 0 fully saturated rings. The second-order valence-electron chi connectivity index (χ2n) is 5.14. The SMILES string of the molecule is Cc1ccc(Cc2noc(Cc3ccccc3N)n2)cc1. The van der Waals surface area contributed by atoms with Gasteiger partial charge in [0.05, 0.1) is 6.42 Å². The molecule has 0 radical (unpaired) electrons. The molecule has 0 saturated heterocycles. The first-order valence-corrected chi connectivity index (χ1v) is 6.91. The van der Waals surface area contributed by atoms with Gasteiger partial charge in [0.25, 0.3) is 0 Å². The Bertz CT molecular complexity index is 732. The number of nitrogens with zero attached hydrogens (tertiary/aromatic N) is 2. The van der Waals surface area contributed by atoms with E-state index >= 15 is 0 Å². The van der Waals surface area contributed by atoms with Crippen molar-refractivity contribution in [2.45, 2.75) is 19.8 Å². The quantitative estimate of drug-likeness (QED) is 0.745. The van der Waals surface area contributed by atoms with Crippen LogP contribution in [0.5, 0.6) is 0 Å². The predicted octanol–water partition coefficient (Wildman–Crippen LogP) is 3.14. The van der Waals surface area contributed by atoms with Crippen LogP contribution in [0.3, 0.4) is 0 Å². The lowest BCUT2D eigenvalue weighted by molar-refractivity contribution is 0.380. The maximum absolute atomic E-state index is 5.92. The molecular formula is C17H17N3O. The summed E-state index contributed by atoms with van der Waals surface area (Å²) in [5, 5.41) is 4.03. The van der Waals surface area contributed by atoms with Crippen molar-refractivity contribution in [2.24, 2.45) is 0 Å². The Morgan fingerprint density at radius 3 is 2.52 bits per heavy atom. The highest BCUT2D eigenvalue weighted by Gasteiger charge is 2.09. The van der Waals surface area contributed by atoms with E-state index in [2.05, 4.69) is 41.3 Å². The lowest BCUT2D eigenvalue weighted by atomic mass is 10.1. The highest BCUT2D eigenvalue weighted by molar-refractivity contribution is 5.47. The molecule has 106 valence electrons. The molecule has 0 amide bonds. The number of rotatable bonds is 4. The van der Waals surface area contributed by atoms with Crippen LogP contribution in [0.2, 0.25) is 0 Å². The topological polar surface area (TPSA) is 64.9 Å². The third-order valence-corrected chi connectivity index (χ3v) is 3.39. The van der Waals surface area contributed by atoms with Crippen LogP contribution < -0.4 is 5.73 Å². The van der Waals surface area contributed by atoms with E-state index in [-0.39, 0.29) is 0 Å². The average molecular weight is 279 g/mol.